The highest BCUT2D eigenvalue weighted by molar-refractivity contribution is 5.66. The highest BCUT2D eigenvalue weighted by Gasteiger charge is 2.36. The molecular weight excluding hydrogens is 154 g/mol. The van der Waals surface area contributed by atoms with Gasteiger partial charge < -0.3 is 10.0 Å². The van der Waals surface area contributed by atoms with Crippen molar-refractivity contribution in [1.82, 2.24) is 4.90 Å². The SMILES string of the molecule is CCN(C(=O)O)C1(C)CCCC1. The smallest absolute Gasteiger partial charge is 0.407 e. The quantitative estimate of drug-likeness (QED) is 0.692. The molecule has 0 heterocycles. The van der Waals surface area contributed by atoms with Crippen LogP contribution in [-0.2, 0) is 0 Å². The fraction of sp³-hybridized carbons (Fsp3) is 0.889. The fourth-order valence-corrected chi connectivity index (χ4v) is 2.15. The molecule has 0 aliphatic heterocycles. The van der Waals surface area contributed by atoms with Gasteiger partial charge in [0.2, 0.25) is 0 Å². The minimum absolute atomic E-state index is 0.0828. The molecule has 1 N–H and O–H groups in total. The number of carboxylic acid groups (broad SMARTS) is 1. The Kier molecular flexibility index (Phi) is 2.60. The summed E-state index contributed by atoms with van der Waals surface area (Å²) >= 11 is 0. The largest absolute Gasteiger partial charge is 0.465 e. The van der Waals surface area contributed by atoms with Gasteiger partial charge in [-0.3, -0.25) is 0 Å². The van der Waals surface area contributed by atoms with Crippen molar-refractivity contribution >= 4 is 6.09 Å². The number of hydrogen-bond acceptors (Lipinski definition) is 1. The first-order valence-electron chi connectivity index (χ1n) is 4.61. The lowest BCUT2D eigenvalue weighted by Crippen LogP contribution is -2.47. The lowest BCUT2D eigenvalue weighted by atomic mass is 9.98. The van der Waals surface area contributed by atoms with Gasteiger partial charge in [0.05, 0.1) is 0 Å². The summed E-state index contributed by atoms with van der Waals surface area (Å²) in [6, 6.07) is 0. The van der Waals surface area contributed by atoms with Crippen molar-refractivity contribution in [3.8, 4) is 0 Å². The van der Waals surface area contributed by atoms with Gasteiger partial charge in [-0.1, -0.05) is 12.8 Å². The summed E-state index contributed by atoms with van der Waals surface area (Å²) in [4.78, 5) is 12.4. The minimum atomic E-state index is -0.776. The number of amides is 1. The monoisotopic (exact) mass is 171 g/mol. The zero-order valence-corrected chi connectivity index (χ0v) is 7.84. The molecule has 1 amide bonds. The van der Waals surface area contributed by atoms with E-state index < -0.39 is 6.09 Å². The fourth-order valence-electron chi connectivity index (χ4n) is 2.15. The van der Waals surface area contributed by atoms with E-state index in [9.17, 15) is 4.79 Å². The van der Waals surface area contributed by atoms with E-state index in [2.05, 4.69) is 6.92 Å². The summed E-state index contributed by atoms with van der Waals surface area (Å²) < 4.78 is 0. The molecule has 0 aromatic heterocycles. The number of hydrogen-bond donors (Lipinski definition) is 1. The van der Waals surface area contributed by atoms with E-state index >= 15 is 0 Å². The van der Waals surface area contributed by atoms with Gasteiger partial charge >= 0.3 is 6.09 Å². The van der Waals surface area contributed by atoms with Gasteiger partial charge in [-0.05, 0) is 26.7 Å². The number of nitrogens with zero attached hydrogens (tertiary/aromatic N) is 1. The summed E-state index contributed by atoms with van der Waals surface area (Å²) in [6.07, 6.45) is 3.60. The van der Waals surface area contributed by atoms with Crippen LogP contribution >= 0.6 is 0 Å². The van der Waals surface area contributed by atoms with Crippen molar-refractivity contribution in [3.63, 3.8) is 0 Å². The lowest BCUT2D eigenvalue weighted by Gasteiger charge is -2.35. The first-order chi connectivity index (χ1) is 5.60. The second kappa shape index (κ2) is 3.33. The maximum Gasteiger partial charge on any atom is 0.407 e. The van der Waals surface area contributed by atoms with Crippen LogP contribution in [0.1, 0.15) is 39.5 Å². The Morgan fingerprint density at radius 3 is 2.33 bits per heavy atom. The molecule has 0 atom stereocenters. The van der Waals surface area contributed by atoms with Crippen molar-refractivity contribution in [2.45, 2.75) is 45.1 Å². The summed E-state index contributed by atoms with van der Waals surface area (Å²) in [5, 5.41) is 8.92. The van der Waals surface area contributed by atoms with Crippen LogP contribution in [0, 0.1) is 0 Å². The third kappa shape index (κ3) is 1.54. The van der Waals surface area contributed by atoms with Gasteiger partial charge in [0, 0.05) is 12.1 Å². The lowest BCUT2D eigenvalue weighted by molar-refractivity contribution is 0.0903. The second-order valence-electron chi connectivity index (χ2n) is 3.73. The maximum absolute atomic E-state index is 10.8. The molecule has 0 bridgehead atoms. The first-order valence-corrected chi connectivity index (χ1v) is 4.61. The van der Waals surface area contributed by atoms with Gasteiger partial charge in [-0.25, -0.2) is 4.79 Å². The average molecular weight is 171 g/mol. The van der Waals surface area contributed by atoms with E-state index in [4.69, 9.17) is 5.11 Å². The van der Waals surface area contributed by atoms with Crippen LogP contribution in [-0.4, -0.2) is 28.2 Å². The van der Waals surface area contributed by atoms with Crippen LogP contribution in [0.15, 0.2) is 0 Å². The van der Waals surface area contributed by atoms with E-state index in [1.54, 1.807) is 4.90 Å². The molecule has 3 heteroatoms. The Hall–Kier alpha value is -0.730. The van der Waals surface area contributed by atoms with Crippen molar-refractivity contribution in [3.05, 3.63) is 0 Å². The molecule has 70 valence electrons. The van der Waals surface area contributed by atoms with Crippen LogP contribution in [0.4, 0.5) is 4.79 Å². The van der Waals surface area contributed by atoms with Gasteiger partial charge in [0.1, 0.15) is 0 Å². The van der Waals surface area contributed by atoms with Crippen molar-refractivity contribution in [2.24, 2.45) is 0 Å². The number of rotatable bonds is 2. The summed E-state index contributed by atoms with van der Waals surface area (Å²) in [7, 11) is 0. The Bertz CT molecular complexity index is 173. The van der Waals surface area contributed by atoms with E-state index in [1.165, 1.54) is 12.8 Å². The van der Waals surface area contributed by atoms with E-state index in [0.29, 0.717) is 6.54 Å². The summed E-state index contributed by atoms with van der Waals surface area (Å²) in [5.41, 5.74) is -0.0828. The van der Waals surface area contributed by atoms with Crippen molar-refractivity contribution in [2.75, 3.05) is 6.54 Å². The maximum atomic E-state index is 10.8. The molecule has 12 heavy (non-hydrogen) atoms. The zero-order valence-electron chi connectivity index (χ0n) is 7.84. The predicted octanol–water partition coefficient (Wildman–Crippen LogP) is 2.32. The van der Waals surface area contributed by atoms with E-state index in [0.717, 1.165) is 12.8 Å². The van der Waals surface area contributed by atoms with Gasteiger partial charge in [0.15, 0.2) is 0 Å². The molecule has 0 spiro atoms. The normalized spacial score (nSPS) is 20.8. The second-order valence-corrected chi connectivity index (χ2v) is 3.73. The summed E-state index contributed by atoms with van der Waals surface area (Å²) in [6.45, 7) is 4.56. The van der Waals surface area contributed by atoms with Crippen molar-refractivity contribution in [1.29, 1.82) is 0 Å². The van der Waals surface area contributed by atoms with Crippen LogP contribution in [0.5, 0.6) is 0 Å². The Morgan fingerprint density at radius 1 is 1.50 bits per heavy atom. The third-order valence-corrected chi connectivity index (χ3v) is 2.88. The average Bonchev–Trinajstić information content (AvgIpc) is 2.37. The number of carbonyl (C=O) groups is 1. The van der Waals surface area contributed by atoms with Gasteiger partial charge in [-0.15, -0.1) is 0 Å². The molecular formula is C9H17NO2. The Balaban J connectivity index is 2.69. The van der Waals surface area contributed by atoms with Crippen LogP contribution < -0.4 is 0 Å². The molecule has 1 aliphatic rings. The standard InChI is InChI=1S/C9H17NO2/c1-3-10(8(11)12)9(2)6-4-5-7-9/h3-7H2,1-2H3,(H,11,12). The van der Waals surface area contributed by atoms with E-state index in [1.807, 2.05) is 6.92 Å². The molecule has 1 saturated carbocycles. The Labute approximate surface area is 73.4 Å². The highest BCUT2D eigenvalue weighted by atomic mass is 16.4. The summed E-state index contributed by atoms with van der Waals surface area (Å²) in [5.74, 6) is 0. The van der Waals surface area contributed by atoms with Gasteiger partial charge in [0.25, 0.3) is 0 Å². The predicted molar refractivity (Wildman–Crippen MR) is 47.3 cm³/mol. The van der Waals surface area contributed by atoms with Crippen molar-refractivity contribution < 1.29 is 9.90 Å². The van der Waals surface area contributed by atoms with Crippen LogP contribution in [0.2, 0.25) is 0 Å². The third-order valence-electron chi connectivity index (χ3n) is 2.88. The molecule has 0 unspecified atom stereocenters. The Morgan fingerprint density at radius 2 is 2.00 bits per heavy atom. The molecule has 0 radical (unpaired) electrons. The first kappa shape index (κ1) is 9.36. The highest BCUT2D eigenvalue weighted by Crippen LogP contribution is 2.34. The molecule has 1 rings (SSSR count). The van der Waals surface area contributed by atoms with E-state index in [-0.39, 0.29) is 5.54 Å². The molecule has 0 aromatic carbocycles. The van der Waals surface area contributed by atoms with Crippen LogP contribution in [0.25, 0.3) is 0 Å². The minimum Gasteiger partial charge on any atom is -0.465 e. The molecule has 3 nitrogen and oxygen atoms in total. The zero-order chi connectivity index (χ0) is 9.19. The molecule has 0 aromatic rings. The molecule has 1 fully saturated rings. The van der Waals surface area contributed by atoms with Gasteiger partial charge in [-0.2, -0.15) is 0 Å². The molecule has 1 aliphatic carbocycles. The molecule has 0 saturated heterocycles. The topological polar surface area (TPSA) is 40.5 Å². The van der Waals surface area contributed by atoms with Crippen LogP contribution in [0.3, 0.4) is 0 Å².